The molecule has 1 rings (SSSR count). The Balaban J connectivity index is 2.18. The van der Waals surface area contributed by atoms with Crippen LogP contribution in [0.5, 0.6) is 0 Å². The molecule has 0 spiro atoms. The molecule has 0 fully saturated rings. The third-order valence-corrected chi connectivity index (χ3v) is 4.36. The van der Waals surface area contributed by atoms with Crippen molar-refractivity contribution in [1.82, 2.24) is 10.2 Å². The number of hydrogen-bond donors (Lipinski definition) is 1. The summed E-state index contributed by atoms with van der Waals surface area (Å²) in [6.07, 6.45) is 1.22. The van der Waals surface area contributed by atoms with Gasteiger partial charge in [-0.05, 0) is 32.0 Å². The molecule has 1 atom stereocenters. The molecule has 0 saturated carbocycles. The highest BCUT2D eigenvalue weighted by molar-refractivity contribution is 7.16. The van der Waals surface area contributed by atoms with Gasteiger partial charge in [0.15, 0.2) is 0 Å². The van der Waals surface area contributed by atoms with Crippen LogP contribution in [0.15, 0.2) is 12.1 Å². The number of halogens is 1. The average Bonchev–Trinajstić information content (AvgIpc) is 2.74. The molecule has 0 aliphatic rings. The Hall–Kier alpha value is -0.0900. The average molecular weight is 275 g/mol. The van der Waals surface area contributed by atoms with Gasteiger partial charge in [-0.3, -0.25) is 4.90 Å². The molecule has 1 aromatic rings. The Morgan fingerprint density at radius 1 is 1.41 bits per heavy atom. The van der Waals surface area contributed by atoms with E-state index < -0.39 is 0 Å². The quantitative estimate of drug-likeness (QED) is 0.729. The molecular formula is C13H23ClN2S. The second kappa shape index (κ2) is 8.09. The Morgan fingerprint density at radius 2 is 2.18 bits per heavy atom. The van der Waals surface area contributed by atoms with Crippen molar-refractivity contribution in [1.29, 1.82) is 0 Å². The third-order valence-electron chi connectivity index (χ3n) is 3.12. The lowest BCUT2D eigenvalue weighted by atomic mass is 10.2. The minimum Gasteiger partial charge on any atom is -0.311 e. The fraction of sp³-hybridized carbons (Fsp3) is 0.692. The van der Waals surface area contributed by atoms with Gasteiger partial charge in [-0.2, -0.15) is 0 Å². The van der Waals surface area contributed by atoms with E-state index in [4.69, 9.17) is 11.6 Å². The summed E-state index contributed by atoms with van der Waals surface area (Å²) in [5, 5.41) is 3.47. The van der Waals surface area contributed by atoms with E-state index in [2.05, 4.69) is 37.1 Å². The van der Waals surface area contributed by atoms with Gasteiger partial charge in [0.05, 0.1) is 4.34 Å². The molecule has 0 bridgehead atoms. The van der Waals surface area contributed by atoms with Crippen LogP contribution in [0.3, 0.4) is 0 Å². The zero-order chi connectivity index (χ0) is 12.7. The summed E-state index contributed by atoms with van der Waals surface area (Å²) < 4.78 is 0.872. The van der Waals surface area contributed by atoms with Crippen molar-refractivity contribution >= 4 is 22.9 Å². The van der Waals surface area contributed by atoms with Gasteiger partial charge in [0.2, 0.25) is 0 Å². The number of nitrogens with zero attached hydrogens (tertiary/aromatic N) is 1. The summed E-state index contributed by atoms with van der Waals surface area (Å²) in [5.74, 6) is 0. The van der Waals surface area contributed by atoms with E-state index in [1.54, 1.807) is 11.3 Å². The van der Waals surface area contributed by atoms with Gasteiger partial charge in [0.25, 0.3) is 0 Å². The molecule has 1 aromatic heterocycles. The van der Waals surface area contributed by atoms with E-state index in [-0.39, 0.29) is 0 Å². The van der Waals surface area contributed by atoms with Crippen molar-refractivity contribution < 1.29 is 0 Å². The Kier molecular flexibility index (Phi) is 7.12. The van der Waals surface area contributed by atoms with Crippen LogP contribution in [0.1, 0.15) is 32.1 Å². The SMILES string of the molecule is CCC(C)N(CC)CCNCc1ccc(Cl)s1. The largest absolute Gasteiger partial charge is 0.311 e. The van der Waals surface area contributed by atoms with E-state index in [9.17, 15) is 0 Å². The van der Waals surface area contributed by atoms with E-state index in [0.29, 0.717) is 6.04 Å². The molecular weight excluding hydrogens is 252 g/mol. The third kappa shape index (κ3) is 5.38. The zero-order valence-corrected chi connectivity index (χ0v) is 12.6. The molecule has 0 aromatic carbocycles. The first-order valence-corrected chi connectivity index (χ1v) is 7.55. The van der Waals surface area contributed by atoms with Crippen molar-refractivity contribution in [2.45, 2.75) is 39.8 Å². The number of thiophene rings is 1. The molecule has 0 aliphatic heterocycles. The van der Waals surface area contributed by atoms with Gasteiger partial charge in [0.1, 0.15) is 0 Å². The molecule has 1 unspecified atom stereocenters. The van der Waals surface area contributed by atoms with Crippen LogP contribution in [0, 0.1) is 0 Å². The minimum atomic E-state index is 0.679. The number of likely N-dealkylation sites (N-methyl/N-ethyl adjacent to an activating group) is 1. The smallest absolute Gasteiger partial charge is 0.0931 e. The van der Waals surface area contributed by atoms with E-state index >= 15 is 0 Å². The molecule has 0 amide bonds. The van der Waals surface area contributed by atoms with Crippen LogP contribution in [-0.2, 0) is 6.54 Å². The first kappa shape index (κ1) is 15.0. The van der Waals surface area contributed by atoms with Crippen LogP contribution >= 0.6 is 22.9 Å². The molecule has 98 valence electrons. The zero-order valence-electron chi connectivity index (χ0n) is 11.0. The number of hydrogen-bond acceptors (Lipinski definition) is 3. The minimum absolute atomic E-state index is 0.679. The summed E-state index contributed by atoms with van der Waals surface area (Å²) in [5.41, 5.74) is 0. The van der Waals surface area contributed by atoms with Crippen LogP contribution in [0.2, 0.25) is 4.34 Å². The van der Waals surface area contributed by atoms with Crippen molar-refractivity contribution in [3.05, 3.63) is 21.3 Å². The van der Waals surface area contributed by atoms with E-state index in [1.165, 1.54) is 11.3 Å². The highest BCUT2D eigenvalue weighted by Gasteiger charge is 2.08. The number of rotatable bonds is 8. The Labute approximate surface area is 114 Å². The van der Waals surface area contributed by atoms with Gasteiger partial charge in [0, 0.05) is 30.6 Å². The van der Waals surface area contributed by atoms with E-state index in [1.807, 2.05) is 6.07 Å². The fourth-order valence-electron chi connectivity index (χ4n) is 1.83. The maximum atomic E-state index is 5.89. The first-order chi connectivity index (χ1) is 8.17. The summed E-state index contributed by atoms with van der Waals surface area (Å²) in [4.78, 5) is 3.82. The van der Waals surface area contributed by atoms with Crippen molar-refractivity contribution in [3.8, 4) is 0 Å². The van der Waals surface area contributed by atoms with Gasteiger partial charge < -0.3 is 5.32 Å². The molecule has 0 saturated heterocycles. The van der Waals surface area contributed by atoms with E-state index in [0.717, 1.165) is 30.5 Å². The van der Waals surface area contributed by atoms with Gasteiger partial charge in [-0.15, -0.1) is 11.3 Å². The van der Waals surface area contributed by atoms with Gasteiger partial charge in [-0.25, -0.2) is 0 Å². The predicted octanol–water partition coefficient (Wildman–Crippen LogP) is 3.61. The monoisotopic (exact) mass is 274 g/mol. The summed E-state index contributed by atoms with van der Waals surface area (Å²) >= 11 is 7.54. The standard InChI is InChI=1S/C13H23ClN2S/c1-4-11(3)16(5-2)9-8-15-10-12-6-7-13(14)17-12/h6-7,11,15H,4-5,8-10H2,1-3H3. The molecule has 2 nitrogen and oxygen atoms in total. The van der Waals surface area contributed by atoms with Crippen LogP contribution in [0.25, 0.3) is 0 Å². The highest BCUT2D eigenvalue weighted by atomic mass is 35.5. The van der Waals surface area contributed by atoms with Gasteiger partial charge in [-0.1, -0.05) is 25.4 Å². The van der Waals surface area contributed by atoms with Crippen molar-refractivity contribution in [2.24, 2.45) is 0 Å². The highest BCUT2D eigenvalue weighted by Crippen LogP contribution is 2.20. The maximum Gasteiger partial charge on any atom is 0.0931 e. The summed E-state index contributed by atoms with van der Waals surface area (Å²) in [6.45, 7) is 11.0. The lowest BCUT2D eigenvalue weighted by Crippen LogP contribution is -2.37. The van der Waals surface area contributed by atoms with Crippen LogP contribution in [0.4, 0.5) is 0 Å². The second-order valence-corrected chi connectivity index (χ2v) is 6.07. The lowest BCUT2D eigenvalue weighted by molar-refractivity contribution is 0.215. The Morgan fingerprint density at radius 3 is 2.71 bits per heavy atom. The predicted molar refractivity (Wildman–Crippen MR) is 78.0 cm³/mol. The van der Waals surface area contributed by atoms with Crippen molar-refractivity contribution in [2.75, 3.05) is 19.6 Å². The topological polar surface area (TPSA) is 15.3 Å². The molecule has 17 heavy (non-hydrogen) atoms. The normalized spacial score (nSPS) is 13.2. The Bertz CT molecular complexity index is 314. The molecule has 4 heteroatoms. The summed E-state index contributed by atoms with van der Waals surface area (Å²) in [6, 6.07) is 4.73. The van der Waals surface area contributed by atoms with Crippen molar-refractivity contribution in [3.63, 3.8) is 0 Å². The molecule has 1 N–H and O–H groups in total. The summed E-state index contributed by atoms with van der Waals surface area (Å²) in [7, 11) is 0. The lowest BCUT2D eigenvalue weighted by Gasteiger charge is -2.26. The molecule has 0 radical (unpaired) electrons. The molecule has 0 aliphatic carbocycles. The van der Waals surface area contributed by atoms with Crippen LogP contribution in [-0.4, -0.2) is 30.6 Å². The number of nitrogens with one attached hydrogen (secondary N) is 1. The maximum absolute atomic E-state index is 5.89. The van der Waals surface area contributed by atoms with Crippen LogP contribution < -0.4 is 5.32 Å². The fourth-order valence-corrected chi connectivity index (χ4v) is 2.89. The molecule has 1 heterocycles. The van der Waals surface area contributed by atoms with Gasteiger partial charge >= 0.3 is 0 Å². The first-order valence-electron chi connectivity index (χ1n) is 6.36. The second-order valence-electron chi connectivity index (χ2n) is 4.27.